The topological polar surface area (TPSA) is 66.0 Å². The summed E-state index contributed by atoms with van der Waals surface area (Å²) in [5, 5.41) is 2.85. The van der Waals surface area contributed by atoms with Crippen LogP contribution >= 0.6 is 0 Å². The second kappa shape index (κ2) is 10.7. The number of benzene rings is 1. The summed E-state index contributed by atoms with van der Waals surface area (Å²) in [4.78, 5) is 12.3. The third-order valence-electron chi connectivity index (χ3n) is 2.98. The molecule has 0 bridgehead atoms. The lowest BCUT2D eigenvalue weighted by molar-refractivity contribution is 0.0947. The zero-order valence-electron chi connectivity index (χ0n) is 14.4. The van der Waals surface area contributed by atoms with Crippen LogP contribution < -0.4 is 19.5 Å². The summed E-state index contributed by atoms with van der Waals surface area (Å²) >= 11 is 0. The molecule has 1 N–H and O–H groups in total. The number of methoxy groups -OCH3 is 1. The van der Waals surface area contributed by atoms with Crippen LogP contribution in [0.25, 0.3) is 0 Å². The number of ether oxygens (including phenoxy) is 4. The third kappa shape index (κ3) is 5.98. The lowest BCUT2D eigenvalue weighted by atomic mass is 10.1. The number of hydrogen-bond acceptors (Lipinski definition) is 5. The molecule has 23 heavy (non-hydrogen) atoms. The molecule has 0 fully saturated rings. The molecule has 0 aliphatic carbocycles. The molecule has 0 aromatic heterocycles. The van der Waals surface area contributed by atoms with Gasteiger partial charge in [0, 0.05) is 25.8 Å². The molecule has 0 spiro atoms. The van der Waals surface area contributed by atoms with Crippen LogP contribution in [0.15, 0.2) is 12.1 Å². The number of carbonyl (C=O) groups excluding carboxylic acids is 1. The Kier molecular flexibility index (Phi) is 8.90. The fourth-order valence-corrected chi connectivity index (χ4v) is 2.04. The summed E-state index contributed by atoms with van der Waals surface area (Å²) < 4.78 is 21.8. The first-order valence-electron chi connectivity index (χ1n) is 8.01. The van der Waals surface area contributed by atoms with Crippen molar-refractivity contribution in [3.63, 3.8) is 0 Å². The molecule has 6 nitrogen and oxygen atoms in total. The molecule has 0 unspecified atom stereocenters. The van der Waals surface area contributed by atoms with Crippen molar-refractivity contribution in [3.8, 4) is 17.2 Å². The zero-order valence-corrected chi connectivity index (χ0v) is 14.4. The van der Waals surface area contributed by atoms with E-state index in [4.69, 9.17) is 18.9 Å². The summed E-state index contributed by atoms with van der Waals surface area (Å²) in [5.41, 5.74) is 0.484. The highest BCUT2D eigenvalue weighted by Crippen LogP contribution is 2.39. The van der Waals surface area contributed by atoms with Crippen LogP contribution in [-0.4, -0.2) is 46.0 Å². The van der Waals surface area contributed by atoms with Gasteiger partial charge in [-0.25, -0.2) is 0 Å². The highest BCUT2D eigenvalue weighted by molar-refractivity contribution is 5.95. The van der Waals surface area contributed by atoms with Crippen molar-refractivity contribution >= 4 is 5.91 Å². The van der Waals surface area contributed by atoms with Gasteiger partial charge in [-0.15, -0.1) is 0 Å². The summed E-state index contributed by atoms with van der Waals surface area (Å²) in [6.45, 7) is 8.26. The summed E-state index contributed by atoms with van der Waals surface area (Å²) in [5.74, 6) is 1.39. The average molecular weight is 325 g/mol. The van der Waals surface area contributed by atoms with Crippen LogP contribution in [0.2, 0.25) is 0 Å². The van der Waals surface area contributed by atoms with Crippen molar-refractivity contribution in [2.45, 2.75) is 27.2 Å². The van der Waals surface area contributed by atoms with Gasteiger partial charge in [0.15, 0.2) is 11.5 Å². The molecule has 0 saturated carbocycles. The first-order valence-corrected chi connectivity index (χ1v) is 8.01. The molecular formula is C17H27NO5. The van der Waals surface area contributed by atoms with Crippen molar-refractivity contribution in [1.29, 1.82) is 0 Å². The largest absolute Gasteiger partial charge is 0.490 e. The molecule has 1 amide bonds. The maximum atomic E-state index is 12.3. The highest BCUT2D eigenvalue weighted by atomic mass is 16.5. The molecule has 6 heteroatoms. The molecule has 0 atom stereocenters. The van der Waals surface area contributed by atoms with E-state index in [1.165, 1.54) is 0 Å². The van der Waals surface area contributed by atoms with E-state index in [9.17, 15) is 4.79 Å². The van der Waals surface area contributed by atoms with Gasteiger partial charge in [-0.2, -0.15) is 0 Å². The number of hydrogen-bond donors (Lipinski definition) is 1. The molecule has 1 rings (SSSR count). The van der Waals surface area contributed by atoms with E-state index in [0.29, 0.717) is 55.8 Å². The zero-order chi connectivity index (χ0) is 17.1. The van der Waals surface area contributed by atoms with Gasteiger partial charge in [0.1, 0.15) is 0 Å². The van der Waals surface area contributed by atoms with Crippen LogP contribution in [0, 0.1) is 0 Å². The van der Waals surface area contributed by atoms with E-state index in [2.05, 4.69) is 5.32 Å². The molecule has 0 aliphatic heterocycles. The van der Waals surface area contributed by atoms with Gasteiger partial charge >= 0.3 is 0 Å². The maximum Gasteiger partial charge on any atom is 0.251 e. The highest BCUT2D eigenvalue weighted by Gasteiger charge is 2.18. The van der Waals surface area contributed by atoms with E-state index in [1.54, 1.807) is 19.2 Å². The second-order valence-corrected chi connectivity index (χ2v) is 4.70. The minimum atomic E-state index is -0.175. The Balaban J connectivity index is 3.00. The van der Waals surface area contributed by atoms with Crippen LogP contribution in [0.1, 0.15) is 37.6 Å². The average Bonchev–Trinajstić information content (AvgIpc) is 2.54. The van der Waals surface area contributed by atoms with Crippen molar-refractivity contribution in [3.05, 3.63) is 17.7 Å². The Bertz CT molecular complexity index is 463. The quantitative estimate of drug-likeness (QED) is 0.634. The lowest BCUT2D eigenvalue weighted by Gasteiger charge is -2.17. The van der Waals surface area contributed by atoms with E-state index in [0.717, 1.165) is 6.42 Å². The van der Waals surface area contributed by atoms with Crippen molar-refractivity contribution in [2.24, 2.45) is 0 Å². The smallest absolute Gasteiger partial charge is 0.251 e. The van der Waals surface area contributed by atoms with Crippen LogP contribution in [0.5, 0.6) is 17.2 Å². The predicted octanol–water partition coefficient (Wildman–Crippen LogP) is 2.65. The van der Waals surface area contributed by atoms with E-state index in [1.807, 2.05) is 20.8 Å². The number of carbonyl (C=O) groups is 1. The number of rotatable bonds is 11. The lowest BCUT2D eigenvalue weighted by Crippen LogP contribution is -2.25. The second-order valence-electron chi connectivity index (χ2n) is 4.70. The molecule has 130 valence electrons. The van der Waals surface area contributed by atoms with Gasteiger partial charge in [0.2, 0.25) is 5.75 Å². The van der Waals surface area contributed by atoms with Gasteiger partial charge in [-0.1, -0.05) is 0 Å². The SMILES string of the molecule is CCOc1cc(C(=O)NCCCOC)cc(OCC)c1OCC. The fraction of sp³-hybridized carbons (Fsp3) is 0.588. The van der Waals surface area contributed by atoms with Gasteiger partial charge in [0.05, 0.1) is 19.8 Å². The standard InChI is InChI=1S/C17H27NO5/c1-5-21-14-11-13(17(19)18-9-8-10-20-4)12-15(22-6-2)16(14)23-7-3/h11-12H,5-10H2,1-4H3,(H,18,19). The third-order valence-corrected chi connectivity index (χ3v) is 2.98. The molecule has 1 aromatic rings. The van der Waals surface area contributed by atoms with Crippen molar-refractivity contribution in [1.82, 2.24) is 5.32 Å². The molecule has 0 heterocycles. The van der Waals surface area contributed by atoms with Crippen LogP contribution in [0.4, 0.5) is 0 Å². The summed E-state index contributed by atoms with van der Waals surface area (Å²) in [6, 6.07) is 3.37. The maximum absolute atomic E-state index is 12.3. The summed E-state index contributed by atoms with van der Waals surface area (Å²) in [7, 11) is 1.64. The monoisotopic (exact) mass is 325 g/mol. The number of nitrogens with one attached hydrogen (secondary N) is 1. The number of amides is 1. The first-order chi connectivity index (χ1) is 11.2. The molecular weight excluding hydrogens is 298 g/mol. The van der Waals surface area contributed by atoms with Crippen LogP contribution in [-0.2, 0) is 4.74 Å². The van der Waals surface area contributed by atoms with Crippen LogP contribution in [0.3, 0.4) is 0 Å². The molecule has 0 radical (unpaired) electrons. The first kappa shape index (κ1) is 19.1. The van der Waals surface area contributed by atoms with Crippen molar-refractivity contribution in [2.75, 3.05) is 40.1 Å². The van der Waals surface area contributed by atoms with E-state index in [-0.39, 0.29) is 5.91 Å². The van der Waals surface area contributed by atoms with Gasteiger partial charge in [0.25, 0.3) is 5.91 Å². The Morgan fingerprint density at radius 3 is 2.04 bits per heavy atom. The minimum absolute atomic E-state index is 0.175. The predicted molar refractivity (Wildman–Crippen MR) is 88.8 cm³/mol. The minimum Gasteiger partial charge on any atom is -0.490 e. The Morgan fingerprint density at radius 1 is 1.00 bits per heavy atom. The van der Waals surface area contributed by atoms with E-state index < -0.39 is 0 Å². The molecule has 1 aromatic carbocycles. The molecule has 0 aliphatic rings. The Hall–Kier alpha value is -1.95. The Morgan fingerprint density at radius 2 is 1.57 bits per heavy atom. The van der Waals surface area contributed by atoms with Gasteiger partial charge in [-0.05, 0) is 39.3 Å². The summed E-state index contributed by atoms with van der Waals surface area (Å²) in [6.07, 6.45) is 0.760. The Labute approximate surface area is 138 Å². The fourth-order valence-electron chi connectivity index (χ4n) is 2.04. The normalized spacial score (nSPS) is 10.3. The van der Waals surface area contributed by atoms with E-state index >= 15 is 0 Å². The van der Waals surface area contributed by atoms with Gasteiger partial charge < -0.3 is 24.3 Å². The van der Waals surface area contributed by atoms with Crippen molar-refractivity contribution < 1.29 is 23.7 Å². The van der Waals surface area contributed by atoms with Gasteiger partial charge in [-0.3, -0.25) is 4.79 Å². The molecule has 0 saturated heterocycles.